The smallest absolute Gasteiger partial charge is 0.0362 e. The van der Waals surface area contributed by atoms with Crippen LogP contribution in [0.1, 0.15) is 26.7 Å². The lowest BCUT2D eigenvalue weighted by Gasteiger charge is -2.22. The number of hydrogen-bond acceptors (Lipinski definition) is 2. The Morgan fingerprint density at radius 1 is 1.19 bits per heavy atom. The van der Waals surface area contributed by atoms with Gasteiger partial charge in [0.05, 0.1) is 0 Å². The van der Waals surface area contributed by atoms with E-state index in [0.29, 0.717) is 11.5 Å². The highest BCUT2D eigenvalue weighted by molar-refractivity contribution is 5.54. The molecule has 0 aliphatic heterocycles. The SMILES string of the molecule is CC(Nc1ccc(N(C)C)cc1)C1(C)CC1. The molecule has 2 nitrogen and oxygen atoms in total. The molecule has 1 aliphatic rings. The number of nitrogens with one attached hydrogen (secondary N) is 1. The highest BCUT2D eigenvalue weighted by Gasteiger charge is 2.42. The van der Waals surface area contributed by atoms with E-state index in [1.807, 2.05) is 0 Å². The molecule has 1 fully saturated rings. The summed E-state index contributed by atoms with van der Waals surface area (Å²) in [4.78, 5) is 2.12. The molecule has 0 radical (unpaired) electrons. The lowest BCUT2D eigenvalue weighted by atomic mass is 10.0. The maximum absolute atomic E-state index is 3.59. The largest absolute Gasteiger partial charge is 0.382 e. The zero-order chi connectivity index (χ0) is 11.8. The molecule has 0 aromatic heterocycles. The Hall–Kier alpha value is -1.18. The summed E-state index contributed by atoms with van der Waals surface area (Å²) in [5.41, 5.74) is 3.00. The zero-order valence-corrected chi connectivity index (χ0v) is 10.7. The molecule has 0 bridgehead atoms. The second kappa shape index (κ2) is 4.00. The van der Waals surface area contributed by atoms with E-state index in [1.165, 1.54) is 24.2 Å². The summed E-state index contributed by atoms with van der Waals surface area (Å²) >= 11 is 0. The molecule has 2 rings (SSSR count). The summed E-state index contributed by atoms with van der Waals surface area (Å²) in [6.45, 7) is 4.64. The van der Waals surface area contributed by atoms with Gasteiger partial charge in [0.2, 0.25) is 0 Å². The number of nitrogens with zero attached hydrogens (tertiary/aromatic N) is 1. The van der Waals surface area contributed by atoms with Crippen molar-refractivity contribution in [2.75, 3.05) is 24.3 Å². The molecule has 1 saturated carbocycles. The average molecular weight is 218 g/mol. The van der Waals surface area contributed by atoms with Gasteiger partial charge in [0.15, 0.2) is 0 Å². The van der Waals surface area contributed by atoms with Crippen molar-refractivity contribution in [3.05, 3.63) is 24.3 Å². The van der Waals surface area contributed by atoms with E-state index in [-0.39, 0.29) is 0 Å². The first-order valence-corrected chi connectivity index (χ1v) is 6.05. The molecule has 1 aromatic rings. The Labute approximate surface area is 98.7 Å². The highest BCUT2D eigenvalue weighted by atomic mass is 15.1. The molecule has 0 saturated heterocycles. The summed E-state index contributed by atoms with van der Waals surface area (Å²) in [5.74, 6) is 0. The minimum atomic E-state index is 0.528. The van der Waals surface area contributed by atoms with Crippen LogP contribution in [0.5, 0.6) is 0 Å². The second-order valence-electron chi connectivity index (χ2n) is 5.46. The fourth-order valence-corrected chi connectivity index (χ4v) is 1.91. The van der Waals surface area contributed by atoms with Gasteiger partial charge >= 0.3 is 0 Å². The van der Waals surface area contributed by atoms with Gasteiger partial charge in [-0.1, -0.05) is 6.92 Å². The third kappa shape index (κ3) is 2.31. The molecule has 0 spiro atoms. The monoisotopic (exact) mass is 218 g/mol. The lowest BCUT2D eigenvalue weighted by molar-refractivity contribution is 0.493. The van der Waals surface area contributed by atoms with Crippen LogP contribution in [0.2, 0.25) is 0 Å². The molecule has 2 heteroatoms. The average Bonchev–Trinajstić information content (AvgIpc) is 2.99. The number of anilines is 2. The fourth-order valence-electron chi connectivity index (χ4n) is 1.91. The van der Waals surface area contributed by atoms with Gasteiger partial charge in [-0.3, -0.25) is 0 Å². The molecule has 1 atom stereocenters. The molecule has 1 N–H and O–H groups in total. The van der Waals surface area contributed by atoms with Crippen molar-refractivity contribution in [3.8, 4) is 0 Å². The topological polar surface area (TPSA) is 15.3 Å². The minimum Gasteiger partial charge on any atom is -0.382 e. The molecule has 16 heavy (non-hydrogen) atoms. The first-order chi connectivity index (χ1) is 7.51. The van der Waals surface area contributed by atoms with E-state index in [9.17, 15) is 0 Å². The van der Waals surface area contributed by atoms with E-state index in [4.69, 9.17) is 0 Å². The van der Waals surface area contributed by atoms with Crippen LogP contribution >= 0.6 is 0 Å². The van der Waals surface area contributed by atoms with Crippen molar-refractivity contribution >= 4 is 11.4 Å². The zero-order valence-electron chi connectivity index (χ0n) is 10.7. The number of rotatable bonds is 4. The van der Waals surface area contributed by atoms with Gasteiger partial charge in [-0.15, -0.1) is 0 Å². The van der Waals surface area contributed by atoms with Crippen molar-refractivity contribution in [2.45, 2.75) is 32.7 Å². The first kappa shape index (κ1) is 11.3. The van der Waals surface area contributed by atoms with Crippen molar-refractivity contribution in [3.63, 3.8) is 0 Å². The maximum atomic E-state index is 3.59. The van der Waals surface area contributed by atoms with Gasteiger partial charge in [-0.2, -0.15) is 0 Å². The Morgan fingerprint density at radius 2 is 1.75 bits per heavy atom. The standard InChI is InChI=1S/C14H22N2/c1-11(14(2)9-10-14)15-12-5-7-13(8-6-12)16(3)4/h5-8,11,15H,9-10H2,1-4H3. The summed E-state index contributed by atoms with van der Waals surface area (Å²) in [5, 5.41) is 3.59. The molecular weight excluding hydrogens is 196 g/mol. The minimum absolute atomic E-state index is 0.528. The van der Waals surface area contributed by atoms with Crippen molar-refractivity contribution in [2.24, 2.45) is 5.41 Å². The van der Waals surface area contributed by atoms with Crippen LogP contribution in [-0.2, 0) is 0 Å². The van der Waals surface area contributed by atoms with Gasteiger partial charge in [0, 0.05) is 31.5 Å². The van der Waals surface area contributed by atoms with Crippen molar-refractivity contribution < 1.29 is 0 Å². The number of benzene rings is 1. The van der Waals surface area contributed by atoms with E-state index >= 15 is 0 Å². The van der Waals surface area contributed by atoms with Crippen LogP contribution in [0.4, 0.5) is 11.4 Å². The van der Waals surface area contributed by atoms with E-state index in [1.54, 1.807) is 0 Å². The lowest BCUT2D eigenvalue weighted by Crippen LogP contribution is -2.24. The fraction of sp³-hybridized carbons (Fsp3) is 0.571. The third-order valence-electron chi connectivity index (χ3n) is 3.85. The van der Waals surface area contributed by atoms with Crippen LogP contribution in [0.15, 0.2) is 24.3 Å². The summed E-state index contributed by atoms with van der Waals surface area (Å²) in [6.07, 6.45) is 2.72. The Balaban J connectivity index is 1.99. The predicted octanol–water partition coefficient (Wildman–Crippen LogP) is 3.35. The molecule has 88 valence electrons. The Kier molecular flexibility index (Phi) is 2.83. The molecule has 1 aliphatic carbocycles. The molecule has 0 amide bonds. The van der Waals surface area contributed by atoms with E-state index < -0.39 is 0 Å². The van der Waals surface area contributed by atoms with Crippen molar-refractivity contribution in [1.29, 1.82) is 0 Å². The van der Waals surface area contributed by atoms with E-state index in [2.05, 4.69) is 62.4 Å². The van der Waals surface area contributed by atoms with Crippen LogP contribution < -0.4 is 10.2 Å². The van der Waals surface area contributed by atoms with Gasteiger partial charge in [0.25, 0.3) is 0 Å². The van der Waals surface area contributed by atoms with Crippen LogP contribution in [-0.4, -0.2) is 20.1 Å². The van der Waals surface area contributed by atoms with Gasteiger partial charge in [-0.05, 0) is 49.4 Å². The Bertz CT molecular complexity index is 350. The van der Waals surface area contributed by atoms with Crippen LogP contribution in [0.25, 0.3) is 0 Å². The molecule has 1 unspecified atom stereocenters. The molecular formula is C14H22N2. The highest BCUT2D eigenvalue weighted by Crippen LogP contribution is 2.48. The van der Waals surface area contributed by atoms with Crippen LogP contribution in [0, 0.1) is 5.41 Å². The quantitative estimate of drug-likeness (QED) is 0.833. The summed E-state index contributed by atoms with van der Waals surface area (Å²) in [7, 11) is 4.13. The number of hydrogen-bond donors (Lipinski definition) is 1. The van der Waals surface area contributed by atoms with Crippen LogP contribution in [0.3, 0.4) is 0 Å². The van der Waals surface area contributed by atoms with Crippen molar-refractivity contribution in [1.82, 2.24) is 0 Å². The molecule has 1 aromatic carbocycles. The third-order valence-corrected chi connectivity index (χ3v) is 3.85. The maximum Gasteiger partial charge on any atom is 0.0362 e. The summed E-state index contributed by atoms with van der Waals surface area (Å²) in [6, 6.07) is 9.21. The normalized spacial score (nSPS) is 19.0. The van der Waals surface area contributed by atoms with Gasteiger partial charge in [0.1, 0.15) is 0 Å². The Morgan fingerprint density at radius 3 is 2.19 bits per heavy atom. The molecule has 0 heterocycles. The first-order valence-electron chi connectivity index (χ1n) is 6.05. The van der Waals surface area contributed by atoms with E-state index in [0.717, 1.165) is 0 Å². The second-order valence-corrected chi connectivity index (χ2v) is 5.46. The summed E-state index contributed by atoms with van der Waals surface area (Å²) < 4.78 is 0. The predicted molar refractivity (Wildman–Crippen MR) is 71.2 cm³/mol. The van der Waals surface area contributed by atoms with Gasteiger partial charge < -0.3 is 10.2 Å². The van der Waals surface area contributed by atoms with Gasteiger partial charge in [-0.25, -0.2) is 0 Å².